The fourth-order valence-electron chi connectivity index (χ4n) is 3.20. The molecule has 0 unspecified atom stereocenters. The van der Waals surface area contributed by atoms with Gasteiger partial charge in [0, 0.05) is 13.1 Å². The summed E-state index contributed by atoms with van der Waals surface area (Å²) >= 11 is 6.46. The molecule has 0 radical (unpaired) electrons. The van der Waals surface area contributed by atoms with E-state index in [4.69, 9.17) is 21.1 Å². The van der Waals surface area contributed by atoms with Crippen molar-refractivity contribution in [3.05, 3.63) is 64.2 Å². The number of hydrogen-bond acceptors (Lipinski definition) is 4. The highest BCUT2D eigenvalue weighted by Crippen LogP contribution is 2.38. The Labute approximate surface area is 176 Å². The van der Waals surface area contributed by atoms with E-state index in [1.807, 2.05) is 43.3 Å². The summed E-state index contributed by atoms with van der Waals surface area (Å²) in [5.41, 5.74) is 1.72. The van der Waals surface area contributed by atoms with E-state index in [2.05, 4.69) is 0 Å². The second-order valence-electron chi connectivity index (χ2n) is 6.71. The lowest BCUT2D eigenvalue weighted by Gasteiger charge is -2.16. The Bertz CT molecular complexity index is 929. The molecule has 0 saturated carbocycles. The van der Waals surface area contributed by atoms with Gasteiger partial charge in [-0.15, -0.1) is 0 Å². The Balaban J connectivity index is 1.86. The van der Waals surface area contributed by atoms with Crippen LogP contribution in [0.3, 0.4) is 0 Å². The van der Waals surface area contributed by atoms with Crippen LogP contribution in [0.2, 0.25) is 5.02 Å². The number of hydrogen-bond donors (Lipinski definition) is 0. The number of nitriles is 1. The third-order valence-corrected chi connectivity index (χ3v) is 4.89. The Morgan fingerprint density at radius 1 is 1.21 bits per heavy atom. The highest BCUT2D eigenvalue weighted by molar-refractivity contribution is 6.32. The molecule has 150 valence electrons. The number of benzene rings is 2. The fraction of sp³-hybridized carbons (Fsp3) is 0.304. The quantitative estimate of drug-likeness (QED) is 0.483. The van der Waals surface area contributed by atoms with Gasteiger partial charge < -0.3 is 14.4 Å². The molecule has 1 aliphatic heterocycles. The topological polar surface area (TPSA) is 62.6 Å². The summed E-state index contributed by atoms with van der Waals surface area (Å²) in [6, 6.07) is 15.2. The lowest BCUT2D eigenvalue weighted by atomic mass is 10.1. The minimum atomic E-state index is -0.247. The Hall–Kier alpha value is -2.97. The molecular weight excluding hydrogens is 388 g/mol. The normalized spacial score (nSPS) is 13.8. The van der Waals surface area contributed by atoms with Crippen molar-refractivity contribution < 1.29 is 14.3 Å². The van der Waals surface area contributed by atoms with E-state index in [9.17, 15) is 10.1 Å². The number of likely N-dealkylation sites (tertiary alicyclic amines) is 1. The van der Waals surface area contributed by atoms with Crippen molar-refractivity contribution in [2.45, 2.75) is 26.4 Å². The molecule has 5 nitrogen and oxygen atoms in total. The molecule has 1 aliphatic rings. The van der Waals surface area contributed by atoms with Crippen LogP contribution in [0.1, 0.15) is 30.9 Å². The maximum absolute atomic E-state index is 12.5. The summed E-state index contributed by atoms with van der Waals surface area (Å²) in [5, 5.41) is 9.84. The van der Waals surface area contributed by atoms with E-state index < -0.39 is 0 Å². The lowest BCUT2D eigenvalue weighted by molar-refractivity contribution is -0.125. The molecule has 3 rings (SSSR count). The van der Waals surface area contributed by atoms with Crippen molar-refractivity contribution in [2.24, 2.45) is 0 Å². The van der Waals surface area contributed by atoms with Crippen molar-refractivity contribution >= 4 is 23.6 Å². The fourth-order valence-corrected chi connectivity index (χ4v) is 3.48. The van der Waals surface area contributed by atoms with E-state index in [1.54, 1.807) is 23.1 Å². The van der Waals surface area contributed by atoms with E-state index in [-0.39, 0.29) is 11.5 Å². The molecule has 0 aromatic heterocycles. The highest BCUT2D eigenvalue weighted by atomic mass is 35.5. The zero-order valence-electron chi connectivity index (χ0n) is 16.4. The molecule has 29 heavy (non-hydrogen) atoms. The summed E-state index contributed by atoms with van der Waals surface area (Å²) in [7, 11) is 0. The lowest BCUT2D eigenvalue weighted by Crippen LogP contribution is -2.28. The third kappa shape index (κ3) is 5.30. The summed E-state index contributed by atoms with van der Waals surface area (Å²) < 4.78 is 11.6. The van der Waals surface area contributed by atoms with Crippen LogP contribution in [0.15, 0.2) is 48.0 Å². The molecule has 0 atom stereocenters. The van der Waals surface area contributed by atoms with Gasteiger partial charge in [0.1, 0.15) is 18.2 Å². The highest BCUT2D eigenvalue weighted by Gasteiger charge is 2.22. The number of amides is 1. The summed E-state index contributed by atoms with van der Waals surface area (Å²) in [4.78, 5) is 14.3. The molecule has 1 heterocycles. The minimum Gasteiger partial charge on any atom is -0.490 e. The van der Waals surface area contributed by atoms with Gasteiger partial charge in [-0.1, -0.05) is 41.9 Å². The van der Waals surface area contributed by atoms with Gasteiger partial charge in [-0.2, -0.15) is 5.26 Å². The maximum atomic E-state index is 12.5. The first-order chi connectivity index (χ1) is 14.1. The van der Waals surface area contributed by atoms with Gasteiger partial charge in [0.05, 0.1) is 11.6 Å². The van der Waals surface area contributed by atoms with Gasteiger partial charge in [-0.25, -0.2) is 0 Å². The molecule has 2 aromatic carbocycles. The molecule has 0 bridgehead atoms. The molecule has 1 saturated heterocycles. The zero-order chi connectivity index (χ0) is 20.6. The van der Waals surface area contributed by atoms with Crippen LogP contribution in [0.4, 0.5) is 0 Å². The van der Waals surface area contributed by atoms with Crippen LogP contribution in [0.25, 0.3) is 6.08 Å². The van der Waals surface area contributed by atoms with E-state index in [0.29, 0.717) is 48.4 Å². The molecule has 2 aromatic rings. The zero-order valence-corrected chi connectivity index (χ0v) is 17.1. The summed E-state index contributed by atoms with van der Waals surface area (Å²) in [6.45, 7) is 4.04. The average Bonchev–Trinajstić information content (AvgIpc) is 3.27. The van der Waals surface area contributed by atoms with Gasteiger partial charge in [0.15, 0.2) is 11.5 Å². The number of halogens is 1. The minimum absolute atomic E-state index is 0.0865. The van der Waals surface area contributed by atoms with Crippen LogP contribution in [0.5, 0.6) is 11.5 Å². The molecule has 1 fully saturated rings. The summed E-state index contributed by atoms with van der Waals surface area (Å²) in [6.07, 6.45) is 3.49. The smallest absolute Gasteiger partial charge is 0.264 e. The van der Waals surface area contributed by atoms with E-state index >= 15 is 0 Å². The average molecular weight is 411 g/mol. The Kier molecular flexibility index (Phi) is 7.15. The van der Waals surface area contributed by atoms with Crippen LogP contribution in [-0.4, -0.2) is 30.5 Å². The van der Waals surface area contributed by atoms with Gasteiger partial charge in [0.2, 0.25) is 0 Å². The van der Waals surface area contributed by atoms with Crippen molar-refractivity contribution in [1.82, 2.24) is 4.90 Å². The first-order valence-electron chi connectivity index (χ1n) is 9.66. The van der Waals surface area contributed by atoms with Crippen molar-refractivity contribution in [3.8, 4) is 17.6 Å². The first-order valence-corrected chi connectivity index (χ1v) is 10.0. The number of carbonyl (C=O) groups is 1. The van der Waals surface area contributed by atoms with Crippen molar-refractivity contribution in [3.63, 3.8) is 0 Å². The SMILES string of the molecule is CCOc1cc(/C=C(\C#N)C(=O)N2CCCC2)cc(Cl)c1OCc1ccccc1. The molecule has 6 heteroatoms. The number of nitrogens with zero attached hydrogens (tertiary/aromatic N) is 2. The molecule has 0 N–H and O–H groups in total. The predicted molar refractivity (Wildman–Crippen MR) is 113 cm³/mol. The van der Waals surface area contributed by atoms with Crippen LogP contribution in [-0.2, 0) is 11.4 Å². The number of rotatable bonds is 7. The molecular formula is C23H23ClN2O3. The first kappa shape index (κ1) is 20.8. The van der Waals surface area contributed by atoms with Gasteiger partial charge in [-0.05, 0) is 49.1 Å². The van der Waals surface area contributed by atoms with Crippen LogP contribution in [0, 0.1) is 11.3 Å². The maximum Gasteiger partial charge on any atom is 0.264 e. The summed E-state index contributed by atoms with van der Waals surface area (Å²) in [5.74, 6) is 0.676. The second kappa shape index (κ2) is 9.99. The monoisotopic (exact) mass is 410 g/mol. The predicted octanol–water partition coefficient (Wildman–Crippen LogP) is 4.85. The van der Waals surface area contributed by atoms with Crippen LogP contribution < -0.4 is 9.47 Å². The van der Waals surface area contributed by atoms with Crippen molar-refractivity contribution in [1.29, 1.82) is 5.26 Å². The van der Waals surface area contributed by atoms with E-state index in [0.717, 1.165) is 18.4 Å². The Morgan fingerprint density at radius 3 is 2.59 bits per heavy atom. The number of ether oxygens (including phenoxy) is 2. The van der Waals surface area contributed by atoms with E-state index in [1.165, 1.54) is 0 Å². The van der Waals surface area contributed by atoms with Gasteiger partial charge >= 0.3 is 0 Å². The van der Waals surface area contributed by atoms with Gasteiger partial charge in [0.25, 0.3) is 5.91 Å². The third-order valence-electron chi connectivity index (χ3n) is 4.61. The number of carbonyl (C=O) groups excluding carboxylic acids is 1. The molecule has 1 amide bonds. The van der Waals surface area contributed by atoms with Crippen LogP contribution >= 0.6 is 11.6 Å². The van der Waals surface area contributed by atoms with Gasteiger partial charge in [-0.3, -0.25) is 4.79 Å². The van der Waals surface area contributed by atoms with Crippen molar-refractivity contribution in [2.75, 3.05) is 19.7 Å². The largest absolute Gasteiger partial charge is 0.490 e. The standard InChI is InChI=1S/C23H23ClN2O3/c1-2-28-21-14-18(12-19(15-25)23(27)26-10-6-7-11-26)13-20(24)22(21)29-16-17-8-4-3-5-9-17/h3-5,8-9,12-14H,2,6-7,10-11,16H2,1H3/b19-12+. The Morgan fingerprint density at radius 2 is 1.93 bits per heavy atom. The second-order valence-corrected chi connectivity index (χ2v) is 7.11. The molecule has 0 spiro atoms. The molecule has 0 aliphatic carbocycles.